The monoisotopic (exact) mass is 1140 g/mol. The van der Waals surface area contributed by atoms with Crippen LogP contribution in [0.5, 0.6) is 17.2 Å². The van der Waals surface area contributed by atoms with Gasteiger partial charge in [-0.2, -0.15) is 0 Å². The van der Waals surface area contributed by atoms with E-state index in [1.807, 2.05) is 0 Å². The van der Waals surface area contributed by atoms with E-state index in [0.29, 0.717) is 30.5 Å². The van der Waals surface area contributed by atoms with Crippen LogP contribution in [0.15, 0.2) is 54.6 Å². The molecule has 2 heterocycles. The minimum atomic E-state index is -2.42. The minimum Gasteiger partial charge on any atom is -0.507 e. The zero-order valence-electron chi connectivity index (χ0n) is 45.6. The summed E-state index contributed by atoms with van der Waals surface area (Å²) in [4.78, 5) is 119. The number of phenols is 2. The molecule has 0 spiro atoms. The van der Waals surface area contributed by atoms with Gasteiger partial charge in [0.1, 0.15) is 54.3 Å². The highest BCUT2D eigenvalue weighted by Gasteiger charge is 2.50. The van der Waals surface area contributed by atoms with Gasteiger partial charge in [-0.3, -0.25) is 54.3 Å². The van der Waals surface area contributed by atoms with Crippen LogP contribution in [0.4, 0.5) is 10.5 Å². The van der Waals surface area contributed by atoms with Gasteiger partial charge in [-0.1, -0.05) is 44.5 Å². The summed E-state index contributed by atoms with van der Waals surface area (Å²) in [5, 5.41) is 79.2. The number of amides is 6. The Morgan fingerprint density at radius 3 is 2.24 bits per heavy atom. The van der Waals surface area contributed by atoms with Gasteiger partial charge < -0.3 is 70.9 Å². The molecule has 1 saturated heterocycles. The molecule has 26 nitrogen and oxygen atoms in total. The van der Waals surface area contributed by atoms with Crippen LogP contribution in [0.3, 0.4) is 0 Å². The largest absolute Gasteiger partial charge is 0.507 e. The topological polar surface area (TPSA) is 401 Å². The number of ketones is 3. The standard InChI is InChI=1S/C56H69N7O19/c1-27(2)46(62-38(66)13-6-5-7-21-63-39(67)18-19-40(63)68)53(75)60-33(11-9-20-58-54(57)76)52(74)59-30-16-14-29(15-17-30)26-80-55(77)61-34-22-41(81-28(3)47(34)69)82-36-24-56(78,37(65)25-64)23-32-43(36)51(73)45-44(49(32)71)48(70)31-10-8-12-35(79-4)42(31)50(45)72/h8,10,12,14-19,27-28,33-34,36,41,46-47,54,58,64,69,71,73,76,78H,5-7,9,11,13,20-26,57H2,1-4H3,(H,59,74)(H,60,75)(H,61,77)(H,62,66)/t28-,33-,34-,36-,41-,46-,47+,54?,56-/m0/s1. The minimum absolute atomic E-state index is 0.0209. The lowest BCUT2D eigenvalue weighted by molar-refractivity contribution is -0.249. The van der Waals surface area contributed by atoms with Crippen molar-refractivity contribution in [2.24, 2.45) is 11.7 Å². The van der Waals surface area contributed by atoms with Crippen molar-refractivity contribution in [2.75, 3.05) is 32.1 Å². The maximum atomic E-state index is 14.1. The summed E-state index contributed by atoms with van der Waals surface area (Å²) in [6.07, 6.45) is -4.89. The van der Waals surface area contributed by atoms with Crippen molar-refractivity contribution in [1.82, 2.24) is 26.2 Å². The average molecular weight is 1140 g/mol. The molecule has 0 radical (unpaired) electrons. The van der Waals surface area contributed by atoms with Crippen molar-refractivity contribution in [2.45, 2.75) is 140 Å². The van der Waals surface area contributed by atoms with Crippen LogP contribution < -0.4 is 37.1 Å². The first-order valence-electron chi connectivity index (χ1n) is 26.8. The molecule has 7 rings (SSSR count). The van der Waals surface area contributed by atoms with Gasteiger partial charge >= 0.3 is 6.09 Å². The Balaban J connectivity index is 0.958. The fourth-order valence-electron chi connectivity index (χ4n) is 10.4. The number of nitrogens with one attached hydrogen (secondary N) is 5. The van der Waals surface area contributed by atoms with Gasteiger partial charge in [0.25, 0.3) is 11.8 Å². The van der Waals surface area contributed by atoms with Crippen molar-refractivity contribution in [1.29, 1.82) is 0 Å². The van der Waals surface area contributed by atoms with E-state index in [1.54, 1.807) is 26.0 Å². The zero-order chi connectivity index (χ0) is 59.7. The molecule has 2 aliphatic heterocycles. The number of hydrogen-bond acceptors (Lipinski definition) is 21. The van der Waals surface area contributed by atoms with Crippen LogP contribution in [-0.4, -0.2) is 164 Å². The summed E-state index contributed by atoms with van der Waals surface area (Å²) in [5.41, 5.74) is 1.73. The van der Waals surface area contributed by atoms with E-state index in [1.165, 1.54) is 56.5 Å². The van der Waals surface area contributed by atoms with E-state index in [0.717, 1.165) is 4.90 Å². The molecule has 0 aromatic heterocycles. The summed E-state index contributed by atoms with van der Waals surface area (Å²) in [7, 11) is 1.28. The SMILES string of the molecule is COc1cccc2c1C(=O)c1c(O)c3c(c(O)c1C2=O)C[C@@](O)(C(=O)CO)C[C@@H]3O[C@H]1C[C@H](NC(=O)OCc2ccc(NC(=O)[C@H](CCCNC(N)O)NC(=O)[C@@H](NC(=O)CCCCCN3C(=O)C=CC3=O)C(C)C)cc2)[C@H](O)[C@H](C)O1. The summed E-state index contributed by atoms with van der Waals surface area (Å²) >= 11 is 0. The number of unbranched alkanes of at least 4 members (excludes halogenated alkanes) is 2. The number of Topliss-reactive ketones (excluding diaryl/α,β-unsaturated/α-hetero) is 1. The Morgan fingerprint density at radius 2 is 1.59 bits per heavy atom. The number of carbonyl (C=O) groups excluding carboxylic acids is 9. The van der Waals surface area contributed by atoms with Gasteiger partial charge in [0.2, 0.25) is 23.5 Å². The van der Waals surface area contributed by atoms with Gasteiger partial charge in [0.15, 0.2) is 24.2 Å². The average Bonchev–Trinajstić information content (AvgIpc) is 1.70. The number of aliphatic hydroxyl groups excluding tert-OH is 3. The maximum absolute atomic E-state index is 14.1. The third-order valence-electron chi connectivity index (χ3n) is 14.8. The van der Waals surface area contributed by atoms with Crippen LogP contribution >= 0.6 is 0 Å². The Morgan fingerprint density at radius 1 is 0.890 bits per heavy atom. The molecular weight excluding hydrogens is 1070 g/mol. The number of benzene rings is 3. The molecule has 1 fully saturated rings. The Kier molecular flexibility index (Phi) is 20.3. The van der Waals surface area contributed by atoms with Crippen molar-refractivity contribution < 1.29 is 92.7 Å². The van der Waals surface area contributed by atoms with Gasteiger partial charge in [-0.25, -0.2) is 4.79 Å². The Hall–Kier alpha value is -7.69. The number of alkyl carbamates (subject to hydrolysis) is 1. The number of anilines is 1. The highest BCUT2D eigenvalue weighted by Crippen LogP contribution is 2.52. The van der Waals surface area contributed by atoms with Crippen molar-refractivity contribution >= 4 is 58.7 Å². The van der Waals surface area contributed by atoms with Crippen LogP contribution in [0.1, 0.15) is 127 Å². The van der Waals surface area contributed by atoms with Crippen LogP contribution in [0.2, 0.25) is 0 Å². The molecule has 1 unspecified atom stereocenters. The fraction of sp³-hybridized carbons (Fsp3) is 0.482. The number of nitrogens with zero attached hydrogens (tertiary/aromatic N) is 1. The van der Waals surface area contributed by atoms with Crippen LogP contribution in [-0.2, 0) is 56.0 Å². The molecular formula is C56H69N7O19. The van der Waals surface area contributed by atoms with Crippen LogP contribution in [0.25, 0.3) is 0 Å². The summed E-state index contributed by atoms with van der Waals surface area (Å²) < 4.78 is 23.0. The number of rotatable bonds is 25. The molecule has 2 aliphatic carbocycles. The number of phenolic OH excluding ortho intramolecular Hbond substituents is 2. The maximum Gasteiger partial charge on any atom is 0.407 e. The summed E-state index contributed by atoms with van der Waals surface area (Å²) in [6, 6.07) is 7.15. The predicted octanol–water partition coefficient (Wildman–Crippen LogP) is 0.623. The lowest BCUT2D eigenvalue weighted by atomic mass is 9.72. The molecule has 4 aliphatic rings. The van der Waals surface area contributed by atoms with E-state index >= 15 is 0 Å². The van der Waals surface area contributed by atoms with Crippen molar-refractivity contribution in [3.63, 3.8) is 0 Å². The first-order valence-corrected chi connectivity index (χ1v) is 26.8. The molecule has 0 bridgehead atoms. The summed E-state index contributed by atoms with van der Waals surface area (Å²) in [6.45, 7) is 3.92. The highest BCUT2D eigenvalue weighted by molar-refractivity contribution is 6.31. The molecule has 82 heavy (non-hydrogen) atoms. The number of imide groups is 1. The van der Waals surface area contributed by atoms with E-state index in [9.17, 15) is 73.8 Å². The second kappa shape index (κ2) is 26.9. The second-order valence-corrected chi connectivity index (χ2v) is 20.9. The third-order valence-corrected chi connectivity index (χ3v) is 14.8. The molecule has 26 heteroatoms. The van der Waals surface area contributed by atoms with E-state index < -0.39 is 138 Å². The quantitative estimate of drug-likeness (QED) is 0.0187. The third kappa shape index (κ3) is 14.1. The normalized spacial score (nSPS) is 22.1. The van der Waals surface area contributed by atoms with Crippen LogP contribution in [0, 0.1) is 5.92 Å². The highest BCUT2D eigenvalue weighted by atomic mass is 16.7. The lowest BCUT2D eigenvalue weighted by Crippen LogP contribution is -2.56. The number of nitrogens with two attached hydrogens (primary N) is 1. The Bertz CT molecular complexity index is 2970. The van der Waals surface area contributed by atoms with Crippen molar-refractivity contribution in [3.8, 4) is 17.2 Å². The number of ether oxygens (including phenoxy) is 4. The Labute approximate surface area is 470 Å². The van der Waals surface area contributed by atoms with Gasteiger partial charge in [-0.15, -0.1) is 0 Å². The van der Waals surface area contributed by atoms with E-state index in [4.69, 9.17) is 24.7 Å². The summed E-state index contributed by atoms with van der Waals surface area (Å²) in [5.74, 6) is -7.14. The molecule has 442 valence electrons. The fourth-order valence-corrected chi connectivity index (χ4v) is 10.4. The van der Waals surface area contributed by atoms with E-state index in [-0.39, 0.29) is 91.1 Å². The van der Waals surface area contributed by atoms with E-state index in [2.05, 4.69) is 26.6 Å². The molecule has 9 atom stereocenters. The number of carbonyl (C=O) groups is 9. The number of aromatic hydroxyl groups is 2. The number of aliphatic hydroxyl groups is 4. The smallest absolute Gasteiger partial charge is 0.407 e. The van der Waals surface area contributed by atoms with Crippen molar-refractivity contribution in [3.05, 3.63) is 93.6 Å². The first kappa shape index (κ1) is 61.9. The molecule has 0 saturated carbocycles. The number of fused-ring (bicyclic) bond motifs is 3. The number of hydrogen-bond donors (Lipinski definition) is 12. The lowest BCUT2D eigenvalue weighted by Gasteiger charge is -2.42. The molecule has 3 aromatic rings. The van der Waals surface area contributed by atoms with Gasteiger partial charge in [-0.05, 0) is 68.8 Å². The number of methoxy groups -OCH3 is 1. The predicted molar refractivity (Wildman–Crippen MR) is 286 cm³/mol. The first-order chi connectivity index (χ1) is 39.0. The zero-order valence-corrected chi connectivity index (χ0v) is 45.6. The van der Waals surface area contributed by atoms with Gasteiger partial charge in [0, 0.05) is 66.8 Å². The molecule has 6 amide bonds. The molecule has 3 aromatic carbocycles. The molecule has 13 N–H and O–H groups in total. The van der Waals surface area contributed by atoms with Gasteiger partial charge in [0.05, 0.1) is 42.0 Å². The second-order valence-electron chi connectivity index (χ2n) is 20.9.